The summed E-state index contributed by atoms with van der Waals surface area (Å²) < 4.78 is 6.75. The number of nitrogens with one attached hydrogen (secondary N) is 2. The van der Waals surface area contributed by atoms with E-state index in [4.69, 9.17) is 4.98 Å². The van der Waals surface area contributed by atoms with Crippen molar-refractivity contribution in [1.82, 2.24) is 33.8 Å². The van der Waals surface area contributed by atoms with E-state index in [1.807, 2.05) is 18.6 Å². The van der Waals surface area contributed by atoms with Crippen molar-refractivity contribution in [2.45, 2.75) is 39.7 Å². The van der Waals surface area contributed by atoms with Gasteiger partial charge in [-0.25, -0.2) is 9.97 Å². The molecule has 0 saturated carbocycles. The molecule has 0 bridgehead atoms. The lowest BCUT2D eigenvalue weighted by Gasteiger charge is -2.30. The summed E-state index contributed by atoms with van der Waals surface area (Å²) in [7, 11) is 0. The number of rotatable bonds is 6. The van der Waals surface area contributed by atoms with Crippen LogP contribution in [0.25, 0.3) is 16.9 Å². The second kappa shape index (κ2) is 8.16. The number of H-pyrrole nitrogens is 1. The molecule has 1 fully saturated rings. The Hall–Kier alpha value is -2.78. The van der Waals surface area contributed by atoms with Crippen LogP contribution in [0.5, 0.6) is 0 Å². The van der Waals surface area contributed by atoms with Gasteiger partial charge in [-0.3, -0.25) is 14.4 Å². The summed E-state index contributed by atoms with van der Waals surface area (Å²) in [4.78, 5) is 11.9. The summed E-state index contributed by atoms with van der Waals surface area (Å²) in [6, 6.07) is 2.14. The Morgan fingerprint density at radius 3 is 3.03 bits per heavy atom. The van der Waals surface area contributed by atoms with Gasteiger partial charge >= 0.3 is 0 Å². The molecule has 0 radical (unpaired) electrons. The zero-order valence-corrected chi connectivity index (χ0v) is 18.1. The van der Waals surface area contributed by atoms with Crippen molar-refractivity contribution in [3.63, 3.8) is 0 Å². The molecule has 0 spiro atoms. The monoisotopic (exact) mass is 422 g/mol. The Morgan fingerprint density at radius 2 is 2.23 bits per heavy atom. The number of likely N-dealkylation sites (tertiary alicyclic amines) is 1. The highest BCUT2D eigenvalue weighted by Crippen LogP contribution is 2.28. The van der Waals surface area contributed by atoms with Crippen LogP contribution in [0.3, 0.4) is 0 Å². The van der Waals surface area contributed by atoms with Gasteiger partial charge in [0.1, 0.15) is 5.00 Å². The van der Waals surface area contributed by atoms with Gasteiger partial charge in [-0.05, 0) is 49.3 Å². The van der Waals surface area contributed by atoms with Gasteiger partial charge in [-0.1, -0.05) is 13.8 Å². The Kier molecular flexibility index (Phi) is 5.22. The smallest absolute Gasteiger partial charge is 0.180 e. The third kappa shape index (κ3) is 3.82. The van der Waals surface area contributed by atoms with E-state index in [0.29, 0.717) is 0 Å². The van der Waals surface area contributed by atoms with Gasteiger partial charge in [-0.15, -0.1) is 0 Å². The summed E-state index contributed by atoms with van der Waals surface area (Å²) >= 11 is 1.48. The lowest BCUT2D eigenvalue weighted by Crippen LogP contribution is -2.33. The fourth-order valence-corrected chi connectivity index (χ4v) is 4.78. The Bertz CT molecular complexity index is 1130. The number of nitrogens with zero attached hydrogens (tertiary/aromatic N) is 6. The zero-order chi connectivity index (χ0) is 20.5. The van der Waals surface area contributed by atoms with E-state index in [0.717, 1.165) is 71.1 Å². The molecule has 5 rings (SSSR count). The van der Waals surface area contributed by atoms with Gasteiger partial charge in [0.15, 0.2) is 11.5 Å². The first-order valence-electron chi connectivity index (χ1n) is 10.5. The molecule has 30 heavy (non-hydrogen) atoms. The standard InChI is InChI=1S/C21H26N8S/c1-3-16-13-29-18(15-8-23-24-9-15)10-22-21(29)20(25-16)26-19-7-17(27-30-19)12-28-6-4-5-14(2)11-28/h7-10,13-14H,3-6,11-12H2,1-2H3,(H,23,24)(H,25,26). The fourth-order valence-electron chi connectivity index (χ4n) is 4.12. The molecule has 4 aromatic heterocycles. The van der Waals surface area contributed by atoms with Crippen LogP contribution in [0, 0.1) is 5.92 Å². The van der Waals surface area contributed by atoms with Crippen molar-refractivity contribution in [3.05, 3.63) is 42.2 Å². The highest BCUT2D eigenvalue weighted by molar-refractivity contribution is 7.10. The fraction of sp³-hybridized carbons (Fsp3) is 0.429. The summed E-state index contributed by atoms with van der Waals surface area (Å²) in [5, 5.41) is 11.4. The van der Waals surface area contributed by atoms with Crippen LogP contribution < -0.4 is 5.32 Å². The molecule has 5 heterocycles. The van der Waals surface area contributed by atoms with Gasteiger partial charge in [0.05, 0.1) is 29.5 Å². The van der Waals surface area contributed by atoms with E-state index in [-0.39, 0.29) is 0 Å². The number of fused-ring (bicyclic) bond motifs is 1. The number of hydrogen-bond acceptors (Lipinski definition) is 7. The van der Waals surface area contributed by atoms with E-state index < -0.39 is 0 Å². The van der Waals surface area contributed by atoms with E-state index in [9.17, 15) is 0 Å². The molecule has 1 unspecified atom stereocenters. The molecule has 8 nitrogen and oxygen atoms in total. The van der Waals surface area contributed by atoms with Crippen molar-refractivity contribution < 1.29 is 0 Å². The third-order valence-corrected chi connectivity index (χ3v) is 6.37. The largest absolute Gasteiger partial charge is 0.328 e. The molecule has 0 aliphatic carbocycles. The molecule has 1 aliphatic heterocycles. The summed E-state index contributed by atoms with van der Waals surface area (Å²) in [5.74, 6) is 1.53. The average Bonchev–Trinajstić information content (AvgIpc) is 3.48. The minimum absolute atomic E-state index is 0.755. The number of aryl methyl sites for hydroxylation is 1. The first kappa shape index (κ1) is 19.2. The van der Waals surface area contributed by atoms with Gasteiger partial charge < -0.3 is 5.32 Å². The minimum Gasteiger partial charge on any atom is -0.328 e. The van der Waals surface area contributed by atoms with Crippen LogP contribution in [-0.4, -0.2) is 46.9 Å². The quantitative estimate of drug-likeness (QED) is 0.486. The number of hydrogen-bond donors (Lipinski definition) is 2. The van der Waals surface area contributed by atoms with Gasteiger partial charge in [0, 0.05) is 31.0 Å². The van der Waals surface area contributed by atoms with Gasteiger partial charge in [0.25, 0.3) is 0 Å². The predicted molar refractivity (Wildman–Crippen MR) is 119 cm³/mol. The van der Waals surface area contributed by atoms with Crippen LogP contribution in [0.2, 0.25) is 0 Å². The molecule has 1 atom stereocenters. The summed E-state index contributed by atoms with van der Waals surface area (Å²) in [5.41, 5.74) is 4.89. The zero-order valence-electron chi connectivity index (χ0n) is 17.3. The first-order chi connectivity index (χ1) is 14.7. The number of imidazole rings is 1. The molecule has 2 N–H and O–H groups in total. The van der Waals surface area contributed by atoms with Gasteiger partial charge in [0.2, 0.25) is 0 Å². The topological polar surface area (TPSA) is 87.0 Å². The first-order valence-corrected chi connectivity index (χ1v) is 11.3. The van der Waals surface area contributed by atoms with Crippen LogP contribution in [0.1, 0.15) is 38.1 Å². The van der Waals surface area contributed by atoms with E-state index in [2.05, 4.69) is 54.1 Å². The summed E-state index contributed by atoms with van der Waals surface area (Å²) in [6.45, 7) is 7.67. The maximum Gasteiger partial charge on any atom is 0.180 e. The maximum atomic E-state index is 4.79. The molecule has 9 heteroatoms. The molecule has 4 aromatic rings. The Morgan fingerprint density at radius 1 is 1.30 bits per heavy atom. The molecular formula is C21H26N8S. The molecule has 0 amide bonds. The number of piperidine rings is 1. The van der Waals surface area contributed by atoms with Crippen molar-refractivity contribution in [2.24, 2.45) is 5.92 Å². The average molecular weight is 423 g/mol. The van der Waals surface area contributed by atoms with Crippen molar-refractivity contribution >= 4 is 28.0 Å². The third-order valence-electron chi connectivity index (χ3n) is 5.63. The maximum absolute atomic E-state index is 4.79. The van der Waals surface area contributed by atoms with Crippen molar-refractivity contribution in [1.29, 1.82) is 0 Å². The van der Waals surface area contributed by atoms with E-state index in [1.54, 1.807) is 6.20 Å². The number of aromatic nitrogens is 6. The Balaban J connectivity index is 1.41. The number of aromatic amines is 1. The molecule has 0 aromatic carbocycles. The van der Waals surface area contributed by atoms with E-state index in [1.165, 1.54) is 24.4 Å². The molecular weight excluding hydrogens is 396 g/mol. The number of anilines is 2. The molecule has 1 saturated heterocycles. The lowest BCUT2D eigenvalue weighted by atomic mass is 10.0. The Labute approximate surface area is 179 Å². The second-order valence-electron chi connectivity index (χ2n) is 8.05. The van der Waals surface area contributed by atoms with Gasteiger partial charge in [-0.2, -0.15) is 9.47 Å². The van der Waals surface area contributed by atoms with E-state index >= 15 is 0 Å². The van der Waals surface area contributed by atoms with Crippen molar-refractivity contribution in [2.75, 3.05) is 18.4 Å². The van der Waals surface area contributed by atoms with Crippen molar-refractivity contribution in [3.8, 4) is 11.3 Å². The second-order valence-corrected chi connectivity index (χ2v) is 8.85. The SMILES string of the molecule is CCc1cn2c(-c3cn[nH]c3)cnc2c(Nc2cc(CN3CCCC(C)C3)ns2)n1. The molecule has 1 aliphatic rings. The predicted octanol–water partition coefficient (Wildman–Crippen LogP) is 4.11. The van der Waals surface area contributed by atoms with Crippen LogP contribution >= 0.6 is 11.5 Å². The molecule has 156 valence electrons. The van der Waals surface area contributed by atoms with Crippen LogP contribution in [0.15, 0.2) is 30.9 Å². The summed E-state index contributed by atoms with van der Waals surface area (Å²) in [6.07, 6.45) is 11.0. The normalized spacial score (nSPS) is 17.6. The highest BCUT2D eigenvalue weighted by Gasteiger charge is 2.18. The van der Waals surface area contributed by atoms with Crippen LogP contribution in [-0.2, 0) is 13.0 Å². The minimum atomic E-state index is 0.755. The lowest BCUT2D eigenvalue weighted by molar-refractivity contribution is 0.175. The highest BCUT2D eigenvalue weighted by atomic mass is 32.1. The van der Waals surface area contributed by atoms with Crippen LogP contribution in [0.4, 0.5) is 10.8 Å².